The third kappa shape index (κ3) is 5.58. The van der Waals surface area contributed by atoms with Crippen LogP contribution in [0.5, 0.6) is 11.5 Å². The second kappa shape index (κ2) is 9.13. The van der Waals surface area contributed by atoms with Crippen LogP contribution in [0.2, 0.25) is 0 Å². The number of nitrogens with two attached hydrogens (primary N) is 1. The average Bonchev–Trinajstić information content (AvgIpc) is 3.50. The van der Waals surface area contributed by atoms with Crippen molar-refractivity contribution in [1.82, 2.24) is 15.0 Å². The lowest BCUT2D eigenvalue weighted by molar-refractivity contribution is -0.141. The Hall–Kier alpha value is -3.34. The summed E-state index contributed by atoms with van der Waals surface area (Å²) in [5.74, 6) is 1.72. The number of nitrogens with zero attached hydrogens (tertiary/aromatic N) is 3. The van der Waals surface area contributed by atoms with Crippen LogP contribution in [-0.2, 0) is 17.5 Å². The molecule has 11 heteroatoms. The van der Waals surface area contributed by atoms with Crippen molar-refractivity contribution in [1.29, 1.82) is 0 Å². The van der Waals surface area contributed by atoms with Crippen LogP contribution in [0.1, 0.15) is 36.8 Å². The van der Waals surface area contributed by atoms with E-state index in [1.807, 2.05) is 0 Å². The molecule has 2 aromatic heterocycles. The van der Waals surface area contributed by atoms with Crippen molar-refractivity contribution in [2.24, 2.45) is 0 Å². The number of benzene rings is 1. The number of rotatable bonds is 9. The van der Waals surface area contributed by atoms with Crippen LogP contribution in [-0.4, -0.2) is 40.9 Å². The largest absolute Gasteiger partial charge is 0.493 e. The molecule has 1 aromatic carbocycles. The Morgan fingerprint density at radius 3 is 2.50 bits per heavy atom. The quantitative estimate of drug-likeness (QED) is 0.434. The monoisotopic (exact) mass is 477 g/mol. The van der Waals surface area contributed by atoms with E-state index >= 15 is 0 Å². The zero-order valence-electron chi connectivity index (χ0n) is 19.1. The summed E-state index contributed by atoms with van der Waals surface area (Å²) < 4.78 is 56.4. The Labute approximate surface area is 194 Å². The van der Waals surface area contributed by atoms with Crippen LogP contribution in [0, 0.1) is 6.92 Å². The molecule has 0 radical (unpaired) electrons. The lowest BCUT2D eigenvalue weighted by Gasteiger charge is -2.16. The molecular weight excluding hydrogens is 451 g/mol. The van der Waals surface area contributed by atoms with Gasteiger partial charge in [-0.25, -0.2) is 15.0 Å². The predicted molar refractivity (Wildman–Crippen MR) is 121 cm³/mol. The second-order valence-electron chi connectivity index (χ2n) is 8.42. The molecule has 8 nitrogen and oxygen atoms in total. The molecule has 0 saturated heterocycles. The number of nitrogens with one attached hydrogen (secondary N) is 1. The maximum Gasteiger partial charge on any atom is 0.433 e. The number of hydrogen-bond donors (Lipinski definition) is 2. The summed E-state index contributed by atoms with van der Waals surface area (Å²) in [4.78, 5) is 12.2. The first-order chi connectivity index (χ1) is 16.1. The highest BCUT2D eigenvalue weighted by Crippen LogP contribution is 2.39. The predicted octanol–water partition coefficient (Wildman–Crippen LogP) is 4.50. The summed E-state index contributed by atoms with van der Waals surface area (Å²) in [5.41, 5.74) is 5.41. The van der Waals surface area contributed by atoms with Crippen molar-refractivity contribution in [3.8, 4) is 11.5 Å². The van der Waals surface area contributed by atoms with Gasteiger partial charge >= 0.3 is 6.18 Å². The second-order valence-corrected chi connectivity index (χ2v) is 8.42. The van der Waals surface area contributed by atoms with Gasteiger partial charge in [0.25, 0.3) is 0 Å². The SMILES string of the molecule is COc1cc2nc(C)nc(NCc3cc(N)nc(C(F)(F)F)c3)c2cc1OCCOC1(C)CC1. The molecule has 0 unspecified atom stereocenters. The molecule has 0 aliphatic heterocycles. The average molecular weight is 477 g/mol. The van der Waals surface area contributed by atoms with Crippen LogP contribution in [0.25, 0.3) is 10.9 Å². The number of halogens is 3. The van der Waals surface area contributed by atoms with Crippen LogP contribution in [0.4, 0.5) is 24.8 Å². The molecule has 1 fully saturated rings. The Morgan fingerprint density at radius 1 is 1.06 bits per heavy atom. The van der Waals surface area contributed by atoms with E-state index in [9.17, 15) is 13.2 Å². The van der Waals surface area contributed by atoms with E-state index in [1.165, 1.54) is 13.2 Å². The van der Waals surface area contributed by atoms with Gasteiger partial charge in [0.15, 0.2) is 11.5 Å². The number of hydrogen-bond acceptors (Lipinski definition) is 8. The standard InChI is InChI=1S/C23H26F3N5O3/c1-13-29-16-11-17(32-3)18(33-6-7-34-22(2)4-5-22)10-15(16)21(30-13)28-12-14-8-19(23(24,25)26)31-20(27)9-14/h8-11H,4-7,12H2,1-3H3,(H2,27,31)(H,28,29,30). The lowest BCUT2D eigenvalue weighted by Crippen LogP contribution is -2.15. The van der Waals surface area contributed by atoms with Gasteiger partial charge in [0.1, 0.15) is 29.8 Å². The topological polar surface area (TPSA) is 104 Å². The van der Waals surface area contributed by atoms with Gasteiger partial charge in [-0.3, -0.25) is 0 Å². The smallest absolute Gasteiger partial charge is 0.433 e. The maximum absolute atomic E-state index is 13.1. The van der Waals surface area contributed by atoms with Gasteiger partial charge in [-0.15, -0.1) is 0 Å². The minimum absolute atomic E-state index is 0.0401. The Balaban J connectivity index is 1.57. The molecule has 3 N–H and O–H groups in total. The highest BCUT2D eigenvalue weighted by Gasteiger charge is 2.38. The summed E-state index contributed by atoms with van der Waals surface area (Å²) in [6.07, 6.45) is -2.50. The first-order valence-electron chi connectivity index (χ1n) is 10.8. The molecule has 1 aliphatic carbocycles. The first kappa shape index (κ1) is 23.8. The summed E-state index contributed by atoms with van der Waals surface area (Å²) in [7, 11) is 1.54. The Bertz CT molecular complexity index is 1200. The zero-order chi connectivity index (χ0) is 24.5. The number of alkyl halides is 3. The van der Waals surface area contributed by atoms with Crippen molar-refractivity contribution in [3.63, 3.8) is 0 Å². The van der Waals surface area contributed by atoms with Gasteiger partial charge in [0, 0.05) is 18.0 Å². The number of anilines is 2. The van der Waals surface area contributed by atoms with Gasteiger partial charge in [-0.05, 0) is 50.5 Å². The first-order valence-corrected chi connectivity index (χ1v) is 10.8. The highest BCUT2D eigenvalue weighted by atomic mass is 19.4. The van der Waals surface area contributed by atoms with Crippen molar-refractivity contribution < 1.29 is 27.4 Å². The molecule has 2 heterocycles. The molecule has 1 aliphatic rings. The molecule has 0 amide bonds. The molecule has 0 atom stereocenters. The van der Waals surface area contributed by atoms with Crippen LogP contribution in [0.15, 0.2) is 24.3 Å². The molecule has 0 spiro atoms. The van der Waals surface area contributed by atoms with E-state index in [4.69, 9.17) is 19.9 Å². The fourth-order valence-electron chi connectivity index (χ4n) is 3.46. The van der Waals surface area contributed by atoms with Crippen LogP contribution >= 0.6 is 0 Å². The fraction of sp³-hybridized carbons (Fsp3) is 0.435. The van der Waals surface area contributed by atoms with Gasteiger partial charge in [0.05, 0.1) is 24.8 Å². The molecule has 34 heavy (non-hydrogen) atoms. The van der Waals surface area contributed by atoms with Crippen molar-refractivity contribution >= 4 is 22.5 Å². The van der Waals surface area contributed by atoms with E-state index in [1.54, 1.807) is 19.1 Å². The minimum atomic E-state index is -4.59. The molecule has 3 aromatic rings. The van der Waals surface area contributed by atoms with E-state index in [-0.39, 0.29) is 18.0 Å². The van der Waals surface area contributed by atoms with Gasteiger partial charge in [0.2, 0.25) is 0 Å². The van der Waals surface area contributed by atoms with Gasteiger partial charge < -0.3 is 25.3 Å². The van der Waals surface area contributed by atoms with E-state index in [0.717, 1.165) is 18.9 Å². The summed E-state index contributed by atoms with van der Waals surface area (Å²) >= 11 is 0. The zero-order valence-corrected chi connectivity index (χ0v) is 19.1. The van der Waals surface area contributed by atoms with Crippen molar-refractivity contribution in [3.05, 3.63) is 41.3 Å². The Morgan fingerprint density at radius 2 is 1.82 bits per heavy atom. The molecule has 0 bridgehead atoms. The molecule has 182 valence electrons. The van der Waals surface area contributed by atoms with Gasteiger partial charge in [-0.1, -0.05) is 0 Å². The number of nitrogen functional groups attached to an aromatic ring is 1. The van der Waals surface area contributed by atoms with Gasteiger partial charge in [-0.2, -0.15) is 13.2 Å². The maximum atomic E-state index is 13.1. The summed E-state index contributed by atoms with van der Waals surface area (Å²) in [5, 5.41) is 3.72. The summed E-state index contributed by atoms with van der Waals surface area (Å²) in [6.45, 7) is 4.62. The number of pyridine rings is 1. The minimum Gasteiger partial charge on any atom is -0.493 e. The highest BCUT2D eigenvalue weighted by molar-refractivity contribution is 5.91. The summed E-state index contributed by atoms with van der Waals surface area (Å²) in [6, 6.07) is 5.82. The number of aromatic nitrogens is 3. The van der Waals surface area contributed by atoms with Crippen LogP contribution in [0.3, 0.4) is 0 Å². The third-order valence-corrected chi connectivity index (χ3v) is 5.49. The third-order valence-electron chi connectivity index (χ3n) is 5.49. The van der Waals surface area contributed by atoms with E-state index < -0.39 is 11.9 Å². The Kier molecular flexibility index (Phi) is 6.39. The molecule has 1 saturated carbocycles. The number of methoxy groups -OCH3 is 1. The fourth-order valence-corrected chi connectivity index (χ4v) is 3.46. The van der Waals surface area contributed by atoms with Crippen molar-refractivity contribution in [2.45, 2.75) is 45.0 Å². The van der Waals surface area contributed by atoms with Crippen LogP contribution < -0.4 is 20.5 Å². The molecule has 4 rings (SSSR count). The number of fused-ring (bicyclic) bond motifs is 1. The number of ether oxygens (including phenoxy) is 3. The number of aryl methyl sites for hydroxylation is 1. The van der Waals surface area contributed by atoms with Crippen molar-refractivity contribution in [2.75, 3.05) is 31.4 Å². The molecular formula is C23H26F3N5O3. The van der Waals surface area contributed by atoms with E-state index in [0.29, 0.717) is 52.8 Å². The lowest BCUT2D eigenvalue weighted by atomic mass is 10.2. The van der Waals surface area contributed by atoms with E-state index in [2.05, 4.69) is 27.2 Å². The normalized spacial score (nSPS) is 14.8.